The summed E-state index contributed by atoms with van der Waals surface area (Å²) in [5, 5.41) is 9.18. The van der Waals surface area contributed by atoms with Crippen molar-refractivity contribution in [3.63, 3.8) is 0 Å². The highest BCUT2D eigenvalue weighted by Crippen LogP contribution is 1.98. The number of aliphatic hydroxyl groups is 1. The molecule has 0 bridgehead atoms. The first-order valence-corrected chi connectivity index (χ1v) is 4.41. The van der Waals surface area contributed by atoms with E-state index >= 15 is 0 Å². The molecule has 1 nitrogen and oxygen atoms in total. The third-order valence-electron chi connectivity index (χ3n) is 1.59. The Hall–Kier alpha value is -0.820. The Kier molecular flexibility index (Phi) is 7.71. The van der Waals surface area contributed by atoms with Crippen molar-refractivity contribution in [3.05, 3.63) is 37.0 Å². The van der Waals surface area contributed by atoms with Gasteiger partial charge in [0.2, 0.25) is 0 Å². The van der Waals surface area contributed by atoms with Gasteiger partial charge in [-0.2, -0.15) is 0 Å². The Labute approximate surface area is 75.1 Å². The van der Waals surface area contributed by atoms with Crippen LogP contribution in [0.15, 0.2) is 37.0 Å². The molecule has 0 aromatic carbocycles. The molecule has 1 heteroatoms. The van der Waals surface area contributed by atoms with E-state index in [1.807, 2.05) is 25.2 Å². The van der Waals surface area contributed by atoms with Crippen LogP contribution in [-0.2, 0) is 0 Å². The number of hydrogen-bond acceptors (Lipinski definition) is 1. The van der Waals surface area contributed by atoms with Crippen LogP contribution in [0.2, 0.25) is 0 Å². The molecule has 0 aliphatic carbocycles. The van der Waals surface area contributed by atoms with E-state index in [9.17, 15) is 5.11 Å². The van der Waals surface area contributed by atoms with E-state index in [1.54, 1.807) is 6.08 Å². The van der Waals surface area contributed by atoms with Crippen molar-refractivity contribution in [3.8, 4) is 0 Å². The summed E-state index contributed by atoms with van der Waals surface area (Å²) >= 11 is 0. The second kappa shape index (κ2) is 8.28. The van der Waals surface area contributed by atoms with Crippen LogP contribution >= 0.6 is 0 Å². The Bertz CT molecular complexity index is 156. The zero-order valence-electron chi connectivity index (χ0n) is 7.74. The van der Waals surface area contributed by atoms with Crippen molar-refractivity contribution < 1.29 is 5.11 Å². The predicted octanol–water partition coefficient (Wildman–Crippen LogP) is 2.84. The molecule has 0 saturated carbocycles. The van der Waals surface area contributed by atoms with E-state index in [2.05, 4.69) is 12.7 Å². The topological polar surface area (TPSA) is 20.2 Å². The monoisotopic (exact) mass is 166 g/mol. The molecule has 0 aromatic heterocycles. The van der Waals surface area contributed by atoms with Gasteiger partial charge in [-0.05, 0) is 19.3 Å². The molecule has 0 aromatic rings. The van der Waals surface area contributed by atoms with Gasteiger partial charge in [-0.1, -0.05) is 43.9 Å². The van der Waals surface area contributed by atoms with Crippen LogP contribution in [0.25, 0.3) is 0 Å². The first kappa shape index (κ1) is 11.2. The summed E-state index contributed by atoms with van der Waals surface area (Å²) in [7, 11) is 0. The molecule has 0 heterocycles. The van der Waals surface area contributed by atoms with Crippen molar-refractivity contribution in [1.82, 2.24) is 0 Å². The molecular formula is C11H18O. The Balaban J connectivity index is 3.36. The maximum Gasteiger partial charge on any atom is 0.0572 e. The van der Waals surface area contributed by atoms with E-state index in [4.69, 9.17) is 0 Å². The number of hydrogen-bond donors (Lipinski definition) is 1. The van der Waals surface area contributed by atoms with Crippen molar-refractivity contribution >= 4 is 0 Å². The highest BCUT2D eigenvalue weighted by Gasteiger charge is 1.93. The largest absolute Gasteiger partial charge is 0.393 e. The van der Waals surface area contributed by atoms with Crippen LogP contribution in [-0.4, -0.2) is 11.2 Å². The van der Waals surface area contributed by atoms with Crippen LogP contribution in [0.4, 0.5) is 0 Å². The van der Waals surface area contributed by atoms with E-state index in [-0.39, 0.29) is 6.10 Å². The standard InChI is InChI=1S/C11H18O/c1-3-5-6-7-8-9-10-11(12)4-2/h3,5-6,8-9,11-12H,1,4,7,10H2,2H3/b6-5+,9-8+. The third-order valence-corrected chi connectivity index (χ3v) is 1.59. The molecule has 0 saturated heterocycles. The van der Waals surface area contributed by atoms with Gasteiger partial charge in [0.25, 0.3) is 0 Å². The van der Waals surface area contributed by atoms with Crippen molar-refractivity contribution in [2.45, 2.75) is 32.3 Å². The lowest BCUT2D eigenvalue weighted by molar-refractivity contribution is 0.173. The molecule has 1 atom stereocenters. The van der Waals surface area contributed by atoms with Gasteiger partial charge >= 0.3 is 0 Å². The van der Waals surface area contributed by atoms with Crippen LogP contribution in [0, 0.1) is 0 Å². The first-order chi connectivity index (χ1) is 5.81. The van der Waals surface area contributed by atoms with E-state index < -0.39 is 0 Å². The zero-order valence-corrected chi connectivity index (χ0v) is 7.74. The van der Waals surface area contributed by atoms with Gasteiger partial charge in [-0.15, -0.1) is 0 Å². The van der Waals surface area contributed by atoms with Gasteiger partial charge in [-0.25, -0.2) is 0 Å². The molecule has 0 fully saturated rings. The normalized spacial score (nSPS) is 14.2. The molecule has 0 rings (SSSR count). The molecule has 0 aliphatic heterocycles. The van der Waals surface area contributed by atoms with Crippen molar-refractivity contribution in [2.75, 3.05) is 0 Å². The second-order valence-electron chi connectivity index (χ2n) is 2.67. The minimum Gasteiger partial charge on any atom is -0.393 e. The maximum atomic E-state index is 9.18. The Morgan fingerprint density at radius 1 is 1.33 bits per heavy atom. The second-order valence-corrected chi connectivity index (χ2v) is 2.67. The molecule has 0 radical (unpaired) electrons. The van der Waals surface area contributed by atoms with Gasteiger partial charge in [-0.3, -0.25) is 0 Å². The van der Waals surface area contributed by atoms with Crippen LogP contribution in [0.1, 0.15) is 26.2 Å². The molecule has 12 heavy (non-hydrogen) atoms. The summed E-state index contributed by atoms with van der Waals surface area (Å²) in [5.41, 5.74) is 0. The fourth-order valence-electron chi connectivity index (χ4n) is 0.770. The fourth-order valence-corrected chi connectivity index (χ4v) is 0.770. The number of aliphatic hydroxyl groups excluding tert-OH is 1. The first-order valence-electron chi connectivity index (χ1n) is 4.41. The lowest BCUT2D eigenvalue weighted by Crippen LogP contribution is -2.00. The van der Waals surface area contributed by atoms with E-state index in [0.29, 0.717) is 0 Å². The summed E-state index contributed by atoms with van der Waals surface area (Å²) in [6.45, 7) is 5.55. The van der Waals surface area contributed by atoms with Crippen molar-refractivity contribution in [2.24, 2.45) is 0 Å². The molecular weight excluding hydrogens is 148 g/mol. The summed E-state index contributed by atoms with van der Waals surface area (Å²) in [4.78, 5) is 0. The van der Waals surface area contributed by atoms with Crippen LogP contribution in [0.5, 0.6) is 0 Å². The van der Waals surface area contributed by atoms with Crippen molar-refractivity contribution in [1.29, 1.82) is 0 Å². The predicted molar refractivity (Wildman–Crippen MR) is 54.0 cm³/mol. The summed E-state index contributed by atoms with van der Waals surface area (Å²) in [5.74, 6) is 0. The SMILES string of the molecule is C=C/C=C/C/C=C/CC(O)CC. The molecule has 0 aliphatic rings. The number of allylic oxidation sites excluding steroid dienone is 4. The Morgan fingerprint density at radius 2 is 2.08 bits per heavy atom. The third kappa shape index (κ3) is 7.29. The zero-order chi connectivity index (χ0) is 9.23. The van der Waals surface area contributed by atoms with Gasteiger partial charge in [0.1, 0.15) is 0 Å². The van der Waals surface area contributed by atoms with E-state index in [1.165, 1.54) is 0 Å². The quantitative estimate of drug-likeness (QED) is 0.475. The molecule has 1 N–H and O–H groups in total. The molecule has 0 amide bonds. The average molecular weight is 166 g/mol. The highest BCUT2D eigenvalue weighted by molar-refractivity contribution is 5.01. The molecule has 68 valence electrons. The van der Waals surface area contributed by atoms with Gasteiger partial charge < -0.3 is 5.11 Å². The minimum atomic E-state index is -0.176. The van der Waals surface area contributed by atoms with Crippen LogP contribution in [0.3, 0.4) is 0 Å². The smallest absolute Gasteiger partial charge is 0.0572 e. The minimum absolute atomic E-state index is 0.176. The summed E-state index contributed by atoms with van der Waals surface area (Å²) in [6.07, 6.45) is 12.1. The van der Waals surface area contributed by atoms with Gasteiger partial charge in [0, 0.05) is 0 Å². The van der Waals surface area contributed by atoms with Crippen LogP contribution < -0.4 is 0 Å². The van der Waals surface area contributed by atoms with E-state index in [0.717, 1.165) is 19.3 Å². The molecule has 1 unspecified atom stereocenters. The summed E-state index contributed by atoms with van der Waals surface area (Å²) < 4.78 is 0. The molecule has 0 spiro atoms. The van der Waals surface area contributed by atoms with Gasteiger partial charge in [0.05, 0.1) is 6.10 Å². The number of rotatable bonds is 6. The summed E-state index contributed by atoms with van der Waals surface area (Å²) in [6, 6.07) is 0. The highest BCUT2D eigenvalue weighted by atomic mass is 16.3. The lowest BCUT2D eigenvalue weighted by atomic mass is 10.2. The maximum absolute atomic E-state index is 9.18. The fraction of sp³-hybridized carbons (Fsp3) is 0.455. The Morgan fingerprint density at radius 3 is 2.67 bits per heavy atom. The average Bonchev–Trinajstić information content (AvgIpc) is 2.10. The lowest BCUT2D eigenvalue weighted by Gasteiger charge is -2.00. The van der Waals surface area contributed by atoms with Gasteiger partial charge in [0.15, 0.2) is 0 Å².